The summed E-state index contributed by atoms with van der Waals surface area (Å²) in [5, 5.41) is 19.8. The Bertz CT molecular complexity index is 578. The van der Waals surface area contributed by atoms with Crippen molar-refractivity contribution in [1.82, 2.24) is 25.9 Å². The molecule has 3 rings (SSSR count). The number of rotatable bonds is 6. The van der Waals surface area contributed by atoms with Crippen LogP contribution in [0.2, 0.25) is 0 Å². The molecule has 1 heterocycles. The Morgan fingerprint density at radius 1 is 1.40 bits per heavy atom. The van der Waals surface area contributed by atoms with Crippen LogP contribution in [0.3, 0.4) is 0 Å². The molecule has 0 saturated heterocycles. The number of tetrazole rings is 1. The maximum atomic E-state index is 11.8. The summed E-state index contributed by atoms with van der Waals surface area (Å²) in [4.78, 5) is 11.8. The maximum Gasteiger partial charge on any atom is 0.238 e. The Hall–Kier alpha value is -2.28. The monoisotopic (exact) mass is 272 g/mol. The summed E-state index contributed by atoms with van der Waals surface area (Å²) >= 11 is 0. The number of amides is 1. The highest BCUT2D eigenvalue weighted by atomic mass is 16.1. The Balaban J connectivity index is 1.56. The first kappa shape index (κ1) is 12.7. The van der Waals surface area contributed by atoms with Crippen LogP contribution in [0.5, 0.6) is 0 Å². The summed E-state index contributed by atoms with van der Waals surface area (Å²) in [6.07, 6.45) is 2.56. The highest BCUT2D eigenvalue weighted by Crippen LogP contribution is 2.27. The predicted molar refractivity (Wildman–Crippen MR) is 73.8 cm³/mol. The van der Waals surface area contributed by atoms with Gasteiger partial charge in [-0.05, 0) is 42.7 Å². The van der Waals surface area contributed by atoms with Gasteiger partial charge in [0.2, 0.25) is 11.7 Å². The van der Waals surface area contributed by atoms with Crippen molar-refractivity contribution in [2.45, 2.75) is 12.8 Å². The lowest BCUT2D eigenvalue weighted by Gasteiger charge is -2.07. The lowest BCUT2D eigenvalue weighted by Crippen LogP contribution is -2.29. The van der Waals surface area contributed by atoms with E-state index in [1.165, 1.54) is 12.8 Å². The first-order valence-corrected chi connectivity index (χ1v) is 6.66. The van der Waals surface area contributed by atoms with Gasteiger partial charge in [-0.25, -0.2) is 0 Å². The van der Waals surface area contributed by atoms with E-state index in [0.717, 1.165) is 23.7 Å². The molecule has 20 heavy (non-hydrogen) atoms. The van der Waals surface area contributed by atoms with Gasteiger partial charge in [0, 0.05) is 11.3 Å². The zero-order valence-corrected chi connectivity index (χ0v) is 11.0. The Kier molecular flexibility index (Phi) is 3.69. The number of carbonyl (C=O) groups excluding carboxylic acids is 1. The number of aromatic nitrogens is 4. The van der Waals surface area contributed by atoms with Crippen LogP contribution >= 0.6 is 0 Å². The second-order valence-corrected chi connectivity index (χ2v) is 4.94. The Labute approximate surface area is 116 Å². The molecule has 1 aliphatic carbocycles. The zero-order valence-electron chi connectivity index (χ0n) is 11.0. The predicted octanol–water partition coefficient (Wildman–Crippen LogP) is 0.805. The van der Waals surface area contributed by atoms with Crippen LogP contribution < -0.4 is 10.6 Å². The molecule has 1 aromatic heterocycles. The van der Waals surface area contributed by atoms with Crippen LogP contribution in [-0.2, 0) is 4.79 Å². The summed E-state index contributed by atoms with van der Waals surface area (Å²) < 4.78 is 0. The van der Waals surface area contributed by atoms with Gasteiger partial charge < -0.3 is 10.6 Å². The second kappa shape index (κ2) is 5.79. The molecule has 2 aromatic rings. The van der Waals surface area contributed by atoms with Crippen molar-refractivity contribution in [3.63, 3.8) is 0 Å². The average Bonchev–Trinajstić information content (AvgIpc) is 3.10. The molecule has 0 radical (unpaired) electrons. The molecule has 0 aliphatic heterocycles. The summed E-state index contributed by atoms with van der Waals surface area (Å²) in [6, 6.07) is 7.37. The fraction of sp³-hybridized carbons (Fsp3) is 0.385. The smallest absolute Gasteiger partial charge is 0.238 e. The average molecular weight is 272 g/mol. The van der Waals surface area contributed by atoms with Crippen LogP contribution in [0.15, 0.2) is 24.3 Å². The van der Waals surface area contributed by atoms with Gasteiger partial charge in [-0.15, -0.1) is 10.2 Å². The van der Waals surface area contributed by atoms with Gasteiger partial charge in [-0.1, -0.05) is 12.1 Å². The van der Waals surface area contributed by atoms with E-state index >= 15 is 0 Å². The molecule has 1 aliphatic rings. The van der Waals surface area contributed by atoms with E-state index in [1.54, 1.807) is 0 Å². The number of anilines is 1. The van der Waals surface area contributed by atoms with E-state index in [2.05, 4.69) is 31.3 Å². The first-order chi connectivity index (χ1) is 9.81. The second-order valence-electron chi connectivity index (χ2n) is 4.94. The molecular weight excluding hydrogens is 256 g/mol. The maximum absolute atomic E-state index is 11.8. The molecule has 0 unspecified atom stereocenters. The van der Waals surface area contributed by atoms with E-state index in [-0.39, 0.29) is 5.91 Å². The van der Waals surface area contributed by atoms with Crippen LogP contribution in [-0.4, -0.2) is 39.6 Å². The van der Waals surface area contributed by atoms with Crippen molar-refractivity contribution in [3.8, 4) is 11.4 Å². The Morgan fingerprint density at radius 3 is 3.05 bits per heavy atom. The number of H-pyrrole nitrogens is 1. The van der Waals surface area contributed by atoms with Crippen molar-refractivity contribution in [3.05, 3.63) is 24.3 Å². The summed E-state index contributed by atoms with van der Waals surface area (Å²) in [7, 11) is 0. The van der Waals surface area contributed by atoms with Gasteiger partial charge in [0.25, 0.3) is 0 Å². The number of benzene rings is 1. The summed E-state index contributed by atoms with van der Waals surface area (Å²) in [6.45, 7) is 1.26. The van der Waals surface area contributed by atoms with Gasteiger partial charge in [-0.3, -0.25) is 4.79 Å². The third-order valence-electron chi connectivity index (χ3n) is 3.17. The Morgan fingerprint density at radius 2 is 2.30 bits per heavy atom. The van der Waals surface area contributed by atoms with Crippen LogP contribution in [0, 0.1) is 5.92 Å². The van der Waals surface area contributed by atoms with E-state index < -0.39 is 0 Å². The van der Waals surface area contributed by atoms with Gasteiger partial charge in [-0.2, -0.15) is 5.21 Å². The molecule has 7 nitrogen and oxygen atoms in total. The molecule has 0 atom stereocenters. The minimum absolute atomic E-state index is 0.0455. The van der Waals surface area contributed by atoms with Gasteiger partial charge in [0.1, 0.15) is 0 Å². The van der Waals surface area contributed by atoms with Crippen molar-refractivity contribution in [1.29, 1.82) is 0 Å². The lowest BCUT2D eigenvalue weighted by molar-refractivity contribution is -0.115. The molecule has 0 spiro atoms. The number of carbonyl (C=O) groups is 1. The highest BCUT2D eigenvalue weighted by molar-refractivity contribution is 5.92. The van der Waals surface area contributed by atoms with E-state index in [4.69, 9.17) is 0 Å². The number of hydrogen-bond acceptors (Lipinski definition) is 5. The van der Waals surface area contributed by atoms with Crippen LogP contribution in [0.25, 0.3) is 11.4 Å². The molecule has 1 saturated carbocycles. The number of aromatic amines is 1. The van der Waals surface area contributed by atoms with E-state index in [1.807, 2.05) is 24.3 Å². The van der Waals surface area contributed by atoms with E-state index in [0.29, 0.717) is 12.4 Å². The molecular formula is C13H16N6O. The standard InChI is InChI=1S/C13H16N6O/c20-12(8-14-7-9-4-5-9)15-11-3-1-2-10(6-11)13-16-18-19-17-13/h1-3,6,9,14H,4-5,7-8H2,(H,15,20)(H,16,17,18,19). The minimum Gasteiger partial charge on any atom is -0.325 e. The lowest BCUT2D eigenvalue weighted by atomic mass is 10.2. The molecule has 1 fully saturated rings. The molecule has 7 heteroatoms. The molecule has 0 bridgehead atoms. The van der Waals surface area contributed by atoms with Gasteiger partial charge in [0.05, 0.1) is 6.54 Å². The van der Waals surface area contributed by atoms with E-state index in [9.17, 15) is 4.79 Å². The number of nitrogens with zero attached hydrogens (tertiary/aromatic N) is 3. The topological polar surface area (TPSA) is 95.6 Å². The fourth-order valence-corrected chi connectivity index (χ4v) is 1.94. The largest absolute Gasteiger partial charge is 0.325 e. The van der Waals surface area contributed by atoms with Crippen molar-refractivity contribution >= 4 is 11.6 Å². The minimum atomic E-state index is -0.0455. The first-order valence-electron chi connectivity index (χ1n) is 6.66. The number of hydrogen-bond donors (Lipinski definition) is 3. The fourth-order valence-electron chi connectivity index (χ4n) is 1.94. The zero-order chi connectivity index (χ0) is 13.8. The molecule has 1 aromatic carbocycles. The molecule has 104 valence electrons. The van der Waals surface area contributed by atoms with Crippen LogP contribution in [0.1, 0.15) is 12.8 Å². The summed E-state index contributed by atoms with van der Waals surface area (Å²) in [5.74, 6) is 1.23. The molecule has 1 amide bonds. The third-order valence-corrected chi connectivity index (χ3v) is 3.17. The van der Waals surface area contributed by atoms with Crippen molar-refractivity contribution in [2.75, 3.05) is 18.4 Å². The van der Waals surface area contributed by atoms with Gasteiger partial charge >= 0.3 is 0 Å². The van der Waals surface area contributed by atoms with Crippen molar-refractivity contribution < 1.29 is 4.79 Å². The summed E-state index contributed by atoms with van der Waals surface area (Å²) in [5.41, 5.74) is 1.54. The normalized spacial score (nSPS) is 14.2. The van der Waals surface area contributed by atoms with Gasteiger partial charge in [0.15, 0.2) is 0 Å². The van der Waals surface area contributed by atoms with Crippen molar-refractivity contribution in [2.24, 2.45) is 5.92 Å². The quantitative estimate of drug-likeness (QED) is 0.723. The highest BCUT2D eigenvalue weighted by Gasteiger charge is 2.20. The third kappa shape index (κ3) is 3.39. The SMILES string of the molecule is O=C(CNCC1CC1)Nc1cccc(-c2nn[nH]n2)c1. The molecule has 3 N–H and O–H groups in total. The van der Waals surface area contributed by atoms with Crippen LogP contribution in [0.4, 0.5) is 5.69 Å². The number of nitrogens with one attached hydrogen (secondary N) is 3.